The van der Waals surface area contributed by atoms with Gasteiger partial charge in [0.2, 0.25) is 5.91 Å². The molecule has 5 nitrogen and oxygen atoms in total. The SMILES string of the molecule is CCN(C1CCOCC1)C1CN(C(=O)CCOC)C1. The van der Waals surface area contributed by atoms with E-state index in [1.807, 2.05) is 4.90 Å². The third kappa shape index (κ3) is 3.68. The number of nitrogens with zero attached hydrogens (tertiary/aromatic N) is 2. The predicted molar refractivity (Wildman–Crippen MR) is 73.1 cm³/mol. The second kappa shape index (κ2) is 7.22. The fraction of sp³-hybridized carbons (Fsp3) is 0.929. The van der Waals surface area contributed by atoms with Gasteiger partial charge in [0.05, 0.1) is 13.0 Å². The van der Waals surface area contributed by atoms with Crippen molar-refractivity contribution in [2.24, 2.45) is 0 Å². The normalized spacial score (nSPS) is 21.7. The van der Waals surface area contributed by atoms with Crippen LogP contribution in [0.3, 0.4) is 0 Å². The van der Waals surface area contributed by atoms with Crippen LogP contribution in [0.5, 0.6) is 0 Å². The molecule has 2 rings (SSSR count). The van der Waals surface area contributed by atoms with Crippen molar-refractivity contribution in [1.82, 2.24) is 9.80 Å². The summed E-state index contributed by atoms with van der Waals surface area (Å²) in [6.45, 7) is 7.33. The van der Waals surface area contributed by atoms with Crippen LogP contribution in [-0.2, 0) is 14.3 Å². The van der Waals surface area contributed by atoms with E-state index < -0.39 is 0 Å². The van der Waals surface area contributed by atoms with E-state index in [1.165, 1.54) is 0 Å². The first-order chi connectivity index (χ1) is 9.26. The highest BCUT2D eigenvalue weighted by Gasteiger charge is 2.37. The third-order valence-electron chi connectivity index (χ3n) is 4.23. The highest BCUT2D eigenvalue weighted by molar-refractivity contribution is 5.77. The zero-order valence-corrected chi connectivity index (χ0v) is 12.1. The smallest absolute Gasteiger partial charge is 0.224 e. The number of carbonyl (C=O) groups is 1. The van der Waals surface area contributed by atoms with Crippen molar-refractivity contribution >= 4 is 5.91 Å². The zero-order valence-electron chi connectivity index (χ0n) is 12.1. The van der Waals surface area contributed by atoms with Crippen LogP contribution >= 0.6 is 0 Å². The summed E-state index contributed by atoms with van der Waals surface area (Å²) in [5.41, 5.74) is 0. The Morgan fingerprint density at radius 3 is 2.58 bits per heavy atom. The lowest BCUT2D eigenvalue weighted by molar-refractivity contribution is -0.141. The van der Waals surface area contributed by atoms with Crippen LogP contribution in [0.1, 0.15) is 26.2 Å². The van der Waals surface area contributed by atoms with Crippen LogP contribution < -0.4 is 0 Å². The van der Waals surface area contributed by atoms with Crippen LogP contribution in [-0.4, -0.2) is 74.4 Å². The van der Waals surface area contributed by atoms with Gasteiger partial charge in [0.15, 0.2) is 0 Å². The van der Waals surface area contributed by atoms with Gasteiger partial charge in [-0.2, -0.15) is 0 Å². The van der Waals surface area contributed by atoms with Gasteiger partial charge in [-0.3, -0.25) is 9.69 Å². The van der Waals surface area contributed by atoms with E-state index in [0.717, 1.165) is 45.7 Å². The standard InChI is InChI=1S/C14H26N2O3/c1-3-16(12-4-8-19-9-5-12)13-10-15(11-13)14(17)6-7-18-2/h12-13H,3-11H2,1-2H3. The number of hydrogen-bond donors (Lipinski definition) is 0. The van der Waals surface area contributed by atoms with Gasteiger partial charge < -0.3 is 14.4 Å². The molecule has 0 bridgehead atoms. The predicted octanol–water partition coefficient (Wildman–Crippen LogP) is 0.735. The number of likely N-dealkylation sites (N-methyl/N-ethyl adjacent to an activating group) is 1. The molecule has 0 aliphatic carbocycles. The first kappa shape index (κ1) is 14.8. The van der Waals surface area contributed by atoms with Gasteiger partial charge in [0.25, 0.3) is 0 Å². The Morgan fingerprint density at radius 1 is 1.32 bits per heavy atom. The summed E-state index contributed by atoms with van der Waals surface area (Å²) >= 11 is 0. The summed E-state index contributed by atoms with van der Waals surface area (Å²) < 4.78 is 10.4. The molecule has 2 aliphatic heterocycles. The van der Waals surface area contributed by atoms with Crippen LogP contribution in [0.2, 0.25) is 0 Å². The summed E-state index contributed by atoms with van der Waals surface area (Å²) in [5.74, 6) is 0.223. The second-order valence-electron chi connectivity index (χ2n) is 5.37. The molecule has 0 radical (unpaired) electrons. The van der Waals surface area contributed by atoms with Crippen molar-refractivity contribution in [3.8, 4) is 0 Å². The molecule has 0 aromatic carbocycles. The summed E-state index contributed by atoms with van der Waals surface area (Å²) in [5, 5.41) is 0. The van der Waals surface area contributed by atoms with Crippen molar-refractivity contribution in [2.75, 3.05) is 46.6 Å². The zero-order chi connectivity index (χ0) is 13.7. The highest BCUT2D eigenvalue weighted by Crippen LogP contribution is 2.23. The van der Waals surface area contributed by atoms with E-state index in [4.69, 9.17) is 9.47 Å². The first-order valence-electron chi connectivity index (χ1n) is 7.36. The Kier molecular flexibility index (Phi) is 5.60. The van der Waals surface area contributed by atoms with Gasteiger partial charge in [-0.25, -0.2) is 0 Å². The molecule has 2 saturated heterocycles. The van der Waals surface area contributed by atoms with Crippen molar-refractivity contribution in [1.29, 1.82) is 0 Å². The minimum Gasteiger partial charge on any atom is -0.384 e. The maximum Gasteiger partial charge on any atom is 0.224 e. The third-order valence-corrected chi connectivity index (χ3v) is 4.23. The fourth-order valence-corrected chi connectivity index (χ4v) is 3.05. The van der Waals surface area contributed by atoms with Crippen molar-refractivity contribution in [2.45, 2.75) is 38.3 Å². The molecule has 0 spiro atoms. The topological polar surface area (TPSA) is 42.0 Å². The van der Waals surface area contributed by atoms with E-state index in [1.54, 1.807) is 7.11 Å². The lowest BCUT2D eigenvalue weighted by Gasteiger charge is -2.48. The Morgan fingerprint density at radius 2 is 2.00 bits per heavy atom. The summed E-state index contributed by atoms with van der Waals surface area (Å²) in [6.07, 6.45) is 2.76. The lowest BCUT2D eigenvalue weighted by Crippen LogP contribution is -2.63. The van der Waals surface area contributed by atoms with Gasteiger partial charge in [0.1, 0.15) is 0 Å². The number of methoxy groups -OCH3 is 1. The van der Waals surface area contributed by atoms with Crippen LogP contribution in [0, 0.1) is 0 Å². The molecular formula is C14H26N2O3. The minimum absolute atomic E-state index is 0.223. The van der Waals surface area contributed by atoms with E-state index in [0.29, 0.717) is 25.1 Å². The van der Waals surface area contributed by atoms with Gasteiger partial charge >= 0.3 is 0 Å². The van der Waals surface area contributed by atoms with Crippen LogP contribution in [0.4, 0.5) is 0 Å². The lowest BCUT2D eigenvalue weighted by atomic mass is 10.00. The molecule has 0 unspecified atom stereocenters. The van der Waals surface area contributed by atoms with Gasteiger partial charge in [-0.15, -0.1) is 0 Å². The largest absolute Gasteiger partial charge is 0.384 e. The van der Waals surface area contributed by atoms with Crippen molar-refractivity contribution in [3.05, 3.63) is 0 Å². The van der Waals surface area contributed by atoms with E-state index in [2.05, 4.69) is 11.8 Å². The average Bonchev–Trinajstić information content (AvgIpc) is 2.40. The molecule has 110 valence electrons. The molecule has 2 aliphatic rings. The van der Waals surface area contributed by atoms with Crippen LogP contribution in [0.25, 0.3) is 0 Å². The molecule has 19 heavy (non-hydrogen) atoms. The average molecular weight is 270 g/mol. The number of amides is 1. The molecule has 1 amide bonds. The van der Waals surface area contributed by atoms with Gasteiger partial charge in [0, 0.05) is 45.5 Å². The Labute approximate surface area is 115 Å². The number of rotatable bonds is 6. The Balaban J connectivity index is 1.75. The molecule has 5 heteroatoms. The Bertz CT molecular complexity index is 286. The van der Waals surface area contributed by atoms with E-state index >= 15 is 0 Å². The summed E-state index contributed by atoms with van der Waals surface area (Å²) in [4.78, 5) is 16.3. The van der Waals surface area contributed by atoms with Gasteiger partial charge in [-0.1, -0.05) is 6.92 Å². The minimum atomic E-state index is 0.223. The van der Waals surface area contributed by atoms with E-state index in [9.17, 15) is 4.79 Å². The molecule has 2 heterocycles. The second-order valence-corrected chi connectivity index (χ2v) is 5.37. The van der Waals surface area contributed by atoms with Crippen molar-refractivity contribution in [3.63, 3.8) is 0 Å². The number of likely N-dealkylation sites (tertiary alicyclic amines) is 1. The molecular weight excluding hydrogens is 244 g/mol. The van der Waals surface area contributed by atoms with Gasteiger partial charge in [-0.05, 0) is 19.4 Å². The number of carbonyl (C=O) groups excluding carboxylic acids is 1. The molecule has 0 atom stereocenters. The van der Waals surface area contributed by atoms with E-state index in [-0.39, 0.29) is 5.91 Å². The Hall–Kier alpha value is -0.650. The maximum absolute atomic E-state index is 11.8. The fourth-order valence-electron chi connectivity index (χ4n) is 3.05. The summed E-state index contributed by atoms with van der Waals surface area (Å²) in [7, 11) is 1.64. The molecule has 0 aromatic rings. The highest BCUT2D eigenvalue weighted by atomic mass is 16.5. The molecule has 0 N–H and O–H groups in total. The number of hydrogen-bond acceptors (Lipinski definition) is 4. The quantitative estimate of drug-likeness (QED) is 0.714. The van der Waals surface area contributed by atoms with Crippen LogP contribution in [0.15, 0.2) is 0 Å². The summed E-state index contributed by atoms with van der Waals surface area (Å²) in [6, 6.07) is 1.18. The monoisotopic (exact) mass is 270 g/mol. The molecule has 2 fully saturated rings. The van der Waals surface area contributed by atoms with Crippen molar-refractivity contribution < 1.29 is 14.3 Å². The molecule has 0 aromatic heterocycles. The molecule has 0 saturated carbocycles. The number of ether oxygens (including phenoxy) is 2. The first-order valence-corrected chi connectivity index (χ1v) is 7.36. The maximum atomic E-state index is 11.8.